The van der Waals surface area contributed by atoms with Crippen LogP contribution in [0, 0.1) is 5.92 Å². The molecule has 0 saturated carbocycles. The molecule has 7 nitrogen and oxygen atoms in total. The number of carbonyl (C=O) groups is 1. The van der Waals surface area contributed by atoms with E-state index in [9.17, 15) is 4.79 Å². The van der Waals surface area contributed by atoms with Gasteiger partial charge in [0.2, 0.25) is 5.91 Å². The highest BCUT2D eigenvalue weighted by Gasteiger charge is 2.27. The van der Waals surface area contributed by atoms with Crippen molar-refractivity contribution in [2.24, 2.45) is 5.92 Å². The zero-order valence-electron chi connectivity index (χ0n) is 19.1. The van der Waals surface area contributed by atoms with Crippen LogP contribution in [0.1, 0.15) is 38.2 Å². The molecule has 1 amide bonds. The number of anilines is 2. The fourth-order valence-corrected chi connectivity index (χ4v) is 4.17. The van der Waals surface area contributed by atoms with E-state index in [0.29, 0.717) is 17.4 Å². The van der Waals surface area contributed by atoms with E-state index in [1.54, 1.807) is 20.5 Å². The van der Waals surface area contributed by atoms with Crippen molar-refractivity contribution in [3.05, 3.63) is 48.3 Å². The molecule has 1 aliphatic rings. The van der Waals surface area contributed by atoms with E-state index in [0.717, 1.165) is 48.3 Å². The summed E-state index contributed by atoms with van der Waals surface area (Å²) < 4.78 is 10.9. The number of nitrogens with zero attached hydrogens (tertiary/aromatic N) is 3. The van der Waals surface area contributed by atoms with Crippen molar-refractivity contribution < 1.29 is 14.3 Å². The summed E-state index contributed by atoms with van der Waals surface area (Å²) in [4.78, 5) is 24.0. The highest BCUT2D eigenvalue weighted by atomic mass is 16.5. The first-order valence-corrected chi connectivity index (χ1v) is 11.0. The van der Waals surface area contributed by atoms with Gasteiger partial charge in [-0.1, -0.05) is 26.0 Å². The molecule has 4 rings (SSSR count). The number of aromatic nitrogens is 2. The van der Waals surface area contributed by atoms with Gasteiger partial charge in [0.05, 0.1) is 19.7 Å². The average Bonchev–Trinajstić information content (AvgIpc) is 2.83. The summed E-state index contributed by atoms with van der Waals surface area (Å²) in [6.45, 7) is 5.83. The molecule has 1 aromatic heterocycles. The van der Waals surface area contributed by atoms with Gasteiger partial charge in [-0.25, -0.2) is 9.97 Å². The van der Waals surface area contributed by atoms with Crippen LogP contribution in [0.4, 0.5) is 11.5 Å². The minimum absolute atomic E-state index is 0.0150. The van der Waals surface area contributed by atoms with Crippen LogP contribution in [0.2, 0.25) is 0 Å². The van der Waals surface area contributed by atoms with Crippen LogP contribution in [0.25, 0.3) is 10.9 Å². The Kier molecular flexibility index (Phi) is 6.44. The molecule has 0 spiro atoms. The molecular formula is C25H30N4O3. The first-order valence-electron chi connectivity index (χ1n) is 11.0. The maximum Gasteiger partial charge on any atom is 0.227 e. The average molecular weight is 435 g/mol. The van der Waals surface area contributed by atoms with E-state index >= 15 is 0 Å². The Bertz CT molecular complexity index is 1090. The molecular weight excluding hydrogens is 404 g/mol. The van der Waals surface area contributed by atoms with Crippen LogP contribution in [-0.4, -0.2) is 43.2 Å². The molecule has 1 fully saturated rings. The maximum absolute atomic E-state index is 12.8. The van der Waals surface area contributed by atoms with Gasteiger partial charge in [-0.2, -0.15) is 0 Å². The van der Waals surface area contributed by atoms with Crippen molar-refractivity contribution in [1.29, 1.82) is 0 Å². The Morgan fingerprint density at radius 2 is 1.69 bits per heavy atom. The summed E-state index contributed by atoms with van der Waals surface area (Å²) in [6.07, 6.45) is 3.12. The number of hydrogen-bond acceptors (Lipinski definition) is 6. The van der Waals surface area contributed by atoms with Gasteiger partial charge in [0.1, 0.15) is 12.1 Å². The minimum atomic E-state index is -0.0150. The largest absolute Gasteiger partial charge is 0.493 e. The maximum atomic E-state index is 12.8. The van der Waals surface area contributed by atoms with Crippen LogP contribution in [-0.2, 0) is 4.79 Å². The van der Waals surface area contributed by atoms with Crippen LogP contribution >= 0.6 is 0 Å². The molecule has 2 aromatic carbocycles. The molecule has 32 heavy (non-hydrogen) atoms. The number of amides is 1. The minimum Gasteiger partial charge on any atom is -0.493 e. The lowest BCUT2D eigenvalue weighted by Crippen LogP contribution is -2.38. The third kappa shape index (κ3) is 4.47. The van der Waals surface area contributed by atoms with Gasteiger partial charge in [0, 0.05) is 36.1 Å². The van der Waals surface area contributed by atoms with E-state index in [1.165, 1.54) is 5.56 Å². The summed E-state index contributed by atoms with van der Waals surface area (Å²) in [5.74, 6) is 2.69. The van der Waals surface area contributed by atoms with Gasteiger partial charge in [-0.3, -0.25) is 4.79 Å². The summed E-state index contributed by atoms with van der Waals surface area (Å²) in [6, 6.07) is 11.9. The summed E-state index contributed by atoms with van der Waals surface area (Å²) in [5, 5.41) is 3.99. The third-order valence-electron chi connectivity index (χ3n) is 6.13. The zero-order valence-corrected chi connectivity index (χ0v) is 19.1. The number of piperidine rings is 1. The molecule has 0 atom stereocenters. The first kappa shape index (κ1) is 21.9. The molecule has 168 valence electrons. The van der Waals surface area contributed by atoms with Gasteiger partial charge in [0.25, 0.3) is 0 Å². The normalized spacial score (nSPS) is 14.6. The quantitative estimate of drug-likeness (QED) is 0.610. The Morgan fingerprint density at radius 1 is 1.03 bits per heavy atom. The van der Waals surface area contributed by atoms with E-state index < -0.39 is 0 Å². The molecule has 7 heteroatoms. The fraction of sp³-hybridized carbons (Fsp3) is 0.400. The van der Waals surface area contributed by atoms with Crippen LogP contribution in [0.15, 0.2) is 42.7 Å². The van der Waals surface area contributed by atoms with Crippen molar-refractivity contribution in [3.8, 4) is 11.5 Å². The summed E-state index contributed by atoms with van der Waals surface area (Å²) in [5.41, 5.74) is 2.92. The predicted molar refractivity (Wildman–Crippen MR) is 127 cm³/mol. The summed E-state index contributed by atoms with van der Waals surface area (Å²) in [7, 11) is 3.23. The third-order valence-corrected chi connectivity index (χ3v) is 6.13. The van der Waals surface area contributed by atoms with Crippen LogP contribution in [0.5, 0.6) is 11.5 Å². The van der Waals surface area contributed by atoms with E-state index in [1.807, 2.05) is 24.3 Å². The van der Waals surface area contributed by atoms with Crippen molar-refractivity contribution in [3.63, 3.8) is 0 Å². The smallest absolute Gasteiger partial charge is 0.227 e. The number of hydrogen-bond donors (Lipinski definition) is 1. The monoisotopic (exact) mass is 434 g/mol. The molecule has 2 heterocycles. The number of benzene rings is 2. The lowest BCUT2D eigenvalue weighted by molar-refractivity contribution is -0.120. The van der Waals surface area contributed by atoms with Gasteiger partial charge in [-0.15, -0.1) is 0 Å². The van der Waals surface area contributed by atoms with Crippen LogP contribution in [0.3, 0.4) is 0 Å². The molecule has 0 radical (unpaired) electrons. The van der Waals surface area contributed by atoms with Gasteiger partial charge >= 0.3 is 0 Å². The molecule has 3 aromatic rings. The van der Waals surface area contributed by atoms with Gasteiger partial charge in [0.15, 0.2) is 11.5 Å². The predicted octanol–water partition coefficient (Wildman–Crippen LogP) is 4.63. The molecule has 1 saturated heterocycles. The Hall–Kier alpha value is -3.35. The molecule has 1 N–H and O–H groups in total. The lowest BCUT2D eigenvalue weighted by Gasteiger charge is -2.32. The number of methoxy groups -OCH3 is 2. The second kappa shape index (κ2) is 9.42. The Morgan fingerprint density at radius 3 is 2.31 bits per heavy atom. The van der Waals surface area contributed by atoms with Crippen molar-refractivity contribution in [2.75, 3.05) is 37.5 Å². The van der Waals surface area contributed by atoms with E-state index in [4.69, 9.17) is 9.47 Å². The topological polar surface area (TPSA) is 76.6 Å². The second-order valence-electron chi connectivity index (χ2n) is 8.45. The first-order chi connectivity index (χ1) is 15.5. The highest BCUT2D eigenvalue weighted by molar-refractivity contribution is 5.94. The van der Waals surface area contributed by atoms with Gasteiger partial charge in [-0.05, 0) is 42.5 Å². The Balaban J connectivity index is 1.44. The molecule has 0 aliphatic carbocycles. The van der Waals surface area contributed by atoms with E-state index in [2.05, 4.69) is 46.2 Å². The van der Waals surface area contributed by atoms with Crippen LogP contribution < -0.4 is 19.7 Å². The zero-order chi connectivity index (χ0) is 22.7. The molecule has 1 aliphatic heterocycles. The number of ether oxygens (including phenoxy) is 2. The van der Waals surface area contributed by atoms with Crippen molar-refractivity contribution >= 4 is 28.3 Å². The SMILES string of the molecule is COc1cc2ncnc(N3CCC(C(=O)Nc4ccc(C(C)C)cc4)CC3)c2cc1OC. The second-order valence-corrected chi connectivity index (χ2v) is 8.45. The van der Waals surface area contributed by atoms with Gasteiger partial charge < -0.3 is 19.7 Å². The summed E-state index contributed by atoms with van der Waals surface area (Å²) >= 11 is 0. The number of rotatable bonds is 6. The van der Waals surface area contributed by atoms with Crippen molar-refractivity contribution in [2.45, 2.75) is 32.6 Å². The standard InChI is InChI=1S/C25H30N4O3/c1-16(2)17-5-7-19(8-6-17)28-25(30)18-9-11-29(12-10-18)24-20-13-22(31-3)23(32-4)14-21(20)26-15-27-24/h5-8,13-16,18H,9-12H2,1-4H3,(H,28,30). The lowest BCUT2D eigenvalue weighted by atomic mass is 9.95. The fourth-order valence-electron chi connectivity index (χ4n) is 4.17. The molecule has 0 unspecified atom stereocenters. The number of nitrogens with one attached hydrogen (secondary N) is 1. The Labute approximate surface area is 188 Å². The number of fused-ring (bicyclic) bond motifs is 1. The van der Waals surface area contributed by atoms with Crippen molar-refractivity contribution in [1.82, 2.24) is 9.97 Å². The van der Waals surface area contributed by atoms with E-state index in [-0.39, 0.29) is 11.8 Å². The highest BCUT2D eigenvalue weighted by Crippen LogP contribution is 2.35. The number of carbonyl (C=O) groups excluding carboxylic acids is 1. The molecule has 0 bridgehead atoms.